The molecular weight excluding hydrogens is 274 g/mol. The Morgan fingerprint density at radius 2 is 1.95 bits per heavy atom. The van der Waals surface area contributed by atoms with E-state index in [1.807, 2.05) is 61.6 Å². The standard InChI is InChI=1S/C18H17N3O/c1-15(8-5-6-11-16-9-3-2-4-10-16)20-21-18(22)17-12-7-13-19-14-17/h2-14H,1H3,(H,21,22)/b8-5+,11-6+,20-15+. The number of nitrogens with one attached hydrogen (secondary N) is 1. The summed E-state index contributed by atoms with van der Waals surface area (Å²) >= 11 is 0. The van der Waals surface area contributed by atoms with Gasteiger partial charge in [-0.25, -0.2) is 5.43 Å². The number of hydrogen-bond donors (Lipinski definition) is 1. The molecule has 110 valence electrons. The SMILES string of the molecule is CC(/C=C/C=C/c1ccccc1)=N\NC(=O)c1cccnc1. The maximum absolute atomic E-state index is 11.8. The van der Waals surface area contributed by atoms with Gasteiger partial charge in [0.1, 0.15) is 0 Å². The summed E-state index contributed by atoms with van der Waals surface area (Å²) < 4.78 is 0. The van der Waals surface area contributed by atoms with Crippen LogP contribution in [0, 0.1) is 0 Å². The van der Waals surface area contributed by atoms with Crippen molar-refractivity contribution in [2.24, 2.45) is 5.10 Å². The number of pyridine rings is 1. The summed E-state index contributed by atoms with van der Waals surface area (Å²) in [5.74, 6) is -0.277. The van der Waals surface area contributed by atoms with E-state index in [-0.39, 0.29) is 5.91 Å². The highest BCUT2D eigenvalue weighted by molar-refractivity contribution is 5.97. The van der Waals surface area contributed by atoms with Gasteiger partial charge in [-0.3, -0.25) is 9.78 Å². The number of rotatable bonds is 5. The number of carbonyl (C=O) groups is 1. The molecule has 0 bridgehead atoms. The van der Waals surface area contributed by atoms with Gasteiger partial charge in [-0.1, -0.05) is 48.6 Å². The quantitative estimate of drug-likeness (QED) is 0.521. The third kappa shape index (κ3) is 5.17. The van der Waals surface area contributed by atoms with Gasteiger partial charge in [-0.2, -0.15) is 5.10 Å². The maximum atomic E-state index is 11.8. The monoisotopic (exact) mass is 291 g/mol. The zero-order chi connectivity index (χ0) is 15.6. The summed E-state index contributed by atoms with van der Waals surface area (Å²) in [5.41, 5.74) is 4.80. The summed E-state index contributed by atoms with van der Waals surface area (Å²) in [6, 6.07) is 13.4. The molecule has 4 heteroatoms. The molecule has 0 atom stereocenters. The largest absolute Gasteiger partial charge is 0.272 e. The smallest absolute Gasteiger partial charge is 0.267 e. The molecule has 1 N–H and O–H groups in total. The highest BCUT2D eigenvalue weighted by Gasteiger charge is 2.02. The maximum Gasteiger partial charge on any atom is 0.272 e. The van der Waals surface area contributed by atoms with Crippen LogP contribution in [0.3, 0.4) is 0 Å². The fourth-order valence-corrected chi connectivity index (χ4v) is 1.66. The molecule has 1 aromatic heterocycles. The first-order chi connectivity index (χ1) is 10.8. The second-order valence-electron chi connectivity index (χ2n) is 4.56. The van der Waals surface area contributed by atoms with E-state index in [4.69, 9.17) is 0 Å². The molecule has 2 rings (SSSR count). The number of amides is 1. The van der Waals surface area contributed by atoms with Crippen LogP contribution in [0.2, 0.25) is 0 Å². The van der Waals surface area contributed by atoms with E-state index in [0.29, 0.717) is 11.3 Å². The van der Waals surface area contributed by atoms with Gasteiger partial charge in [-0.15, -0.1) is 0 Å². The van der Waals surface area contributed by atoms with Crippen LogP contribution in [0.4, 0.5) is 0 Å². The van der Waals surface area contributed by atoms with Gasteiger partial charge in [0.05, 0.1) is 11.3 Å². The van der Waals surface area contributed by atoms with Crippen LogP contribution in [0.1, 0.15) is 22.8 Å². The fraction of sp³-hybridized carbons (Fsp3) is 0.0556. The van der Waals surface area contributed by atoms with E-state index in [9.17, 15) is 4.79 Å². The van der Waals surface area contributed by atoms with E-state index in [1.54, 1.807) is 18.3 Å². The number of aromatic nitrogens is 1. The Morgan fingerprint density at radius 1 is 1.14 bits per heavy atom. The minimum Gasteiger partial charge on any atom is -0.267 e. The van der Waals surface area contributed by atoms with Crippen molar-refractivity contribution in [2.45, 2.75) is 6.92 Å². The third-order valence-corrected chi connectivity index (χ3v) is 2.79. The second-order valence-corrected chi connectivity index (χ2v) is 4.56. The van der Waals surface area contributed by atoms with Crippen molar-refractivity contribution in [1.82, 2.24) is 10.4 Å². The summed E-state index contributed by atoms with van der Waals surface area (Å²) in [7, 11) is 0. The van der Waals surface area contributed by atoms with Crippen LogP contribution >= 0.6 is 0 Å². The lowest BCUT2D eigenvalue weighted by Gasteiger charge is -1.99. The molecule has 0 fully saturated rings. The Morgan fingerprint density at radius 3 is 2.68 bits per heavy atom. The lowest BCUT2D eigenvalue weighted by molar-refractivity contribution is 0.0954. The predicted molar refractivity (Wildman–Crippen MR) is 89.4 cm³/mol. The van der Waals surface area contributed by atoms with Gasteiger partial charge in [0.25, 0.3) is 5.91 Å². The molecule has 0 aliphatic heterocycles. The van der Waals surface area contributed by atoms with Gasteiger partial charge in [-0.05, 0) is 30.7 Å². The summed E-state index contributed by atoms with van der Waals surface area (Å²) in [6.45, 7) is 1.82. The molecule has 1 heterocycles. The minimum atomic E-state index is -0.277. The zero-order valence-electron chi connectivity index (χ0n) is 12.3. The molecule has 22 heavy (non-hydrogen) atoms. The molecule has 0 radical (unpaired) electrons. The number of hydrogen-bond acceptors (Lipinski definition) is 3. The van der Waals surface area contributed by atoms with Crippen molar-refractivity contribution in [2.75, 3.05) is 0 Å². The van der Waals surface area contributed by atoms with E-state index >= 15 is 0 Å². The molecule has 0 aliphatic rings. The third-order valence-electron chi connectivity index (χ3n) is 2.79. The van der Waals surface area contributed by atoms with E-state index in [0.717, 1.165) is 5.56 Å². The molecule has 1 aromatic carbocycles. The van der Waals surface area contributed by atoms with Crippen molar-refractivity contribution in [3.05, 3.63) is 84.2 Å². The minimum absolute atomic E-state index is 0.277. The average Bonchev–Trinajstić information content (AvgIpc) is 2.58. The number of hydrazone groups is 1. The highest BCUT2D eigenvalue weighted by Crippen LogP contribution is 2.00. The van der Waals surface area contributed by atoms with Gasteiger partial charge < -0.3 is 0 Å². The Hall–Kier alpha value is -3.01. The normalized spacial score (nSPS) is 12.0. The molecule has 1 amide bonds. The van der Waals surface area contributed by atoms with Gasteiger partial charge >= 0.3 is 0 Å². The lowest BCUT2D eigenvalue weighted by Crippen LogP contribution is -2.18. The molecule has 0 saturated heterocycles. The zero-order valence-corrected chi connectivity index (χ0v) is 12.3. The molecule has 0 aliphatic carbocycles. The average molecular weight is 291 g/mol. The first kappa shape index (κ1) is 15.4. The molecular formula is C18H17N3O. The van der Waals surface area contributed by atoms with Crippen LogP contribution in [-0.2, 0) is 0 Å². The van der Waals surface area contributed by atoms with Crippen LogP contribution in [0.25, 0.3) is 6.08 Å². The molecule has 4 nitrogen and oxygen atoms in total. The summed E-state index contributed by atoms with van der Waals surface area (Å²) in [5, 5.41) is 4.01. The Balaban J connectivity index is 1.86. The van der Waals surface area contributed by atoms with Crippen molar-refractivity contribution in [1.29, 1.82) is 0 Å². The van der Waals surface area contributed by atoms with Gasteiger partial charge in [0.2, 0.25) is 0 Å². The van der Waals surface area contributed by atoms with Gasteiger partial charge in [0, 0.05) is 12.4 Å². The van der Waals surface area contributed by atoms with E-state index in [2.05, 4.69) is 15.5 Å². The van der Waals surface area contributed by atoms with Crippen LogP contribution < -0.4 is 5.43 Å². The Bertz CT molecular complexity index is 689. The fourth-order valence-electron chi connectivity index (χ4n) is 1.66. The number of benzene rings is 1. The van der Waals surface area contributed by atoms with Crippen LogP contribution in [0.5, 0.6) is 0 Å². The topological polar surface area (TPSA) is 54.4 Å². The number of nitrogens with zero attached hydrogens (tertiary/aromatic N) is 2. The first-order valence-corrected chi connectivity index (χ1v) is 6.90. The molecule has 2 aromatic rings. The second kappa shape index (κ2) is 8.32. The summed E-state index contributed by atoms with van der Waals surface area (Å²) in [4.78, 5) is 15.7. The van der Waals surface area contributed by atoms with Crippen LogP contribution in [-0.4, -0.2) is 16.6 Å². The number of carbonyl (C=O) groups excluding carboxylic acids is 1. The molecule has 0 saturated carbocycles. The Kier molecular flexibility index (Phi) is 5.81. The van der Waals surface area contributed by atoms with Gasteiger partial charge in [0.15, 0.2) is 0 Å². The number of allylic oxidation sites excluding steroid dienone is 3. The highest BCUT2D eigenvalue weighted by atomic mass is 16.2. The first-order valence-electron chi connectivity index (χ1n) is 6.90. The predicted octanol–water partition coefficient (Wildman–Crippen LogP) is 3.46. The summed E-state index contributed by atoms with van der Waals surface area (Å²) in [6.07, 6.45) is 10.7. The molecule has 0 spiro atoms. The van der Waals surface area contributed by atoms with Crippen molar-refractivity contribution >= 4 is 17.7 Å². The lowest BCUT2D eigenvalue weighted by atomic mass is 10.2. The van der Waals surface area contributed by atoms with Crippen molar-refractivity contribution < 1.29 is 4.79 Å². The molecule has 0 unspecified atom stereocenters. The van der Waals surface area contributed by atoms with Crippen LogP contribution in [0.15, 0.2) is 78.2 Å². The van der Waals surface area contributed by atoms with Crippen molar-refractivity contribution in [3.63, 3.8) is 0 Å². The van der Waals surface area contributed by atoms with Crippen molar-refractivity contribution in [3.8, 4) is 0 Å². The van der Waals surface area contributed by atoms with E-state index < -0.39 is 0 Å². The Labute approximate surface area is 129 Å². The van der Waals surface area contributed by atoms with E-state index in [1.165, 1.54) is 6.20 Å².